The summed E-state index contributed by atoms with van der Waals surface area (Å²) in [5, 5.41) is 2.63. The Morgan fingerprint density at radius 2 is 1.51 bits per heavy atom. The van der Waals surface area contributed by atoms with Crippen molar-refractivity contribution in [1.29, 1.82) is 0 Å². The molecule has 0 spiro atoms. The summed E-state index contributed by atoms with van der Waals surface area (Å²) < 4.78 is 14.0. The number of benzene rings is 3. The molecule has 0 fully saturated rings. The smallest absolute Gasteiger partial charge is 0 e. The van der Waals surface area contributed by atoms with E-state index in [0.717, 1.165) is 28.1 Å². The van der Waals surface area contributed by atoms with Crippen LogP contribution in [-0.4, -0.2) is 36.5 Å². The predicted octanol–water partition coefficient (Wildman–Crippen LogP) is 9.68. The number of rotatable bonds is 5. The number of nitrogens with zero attached hydrogens (tertiary/aromatic N) is 2. The zero-order chi connectivity index (χ0) is 31.0. The maximum absolute atomic E-state index is 8.35. The van der Waals surface area contributed by atoms with Crippen LogP contribution >= 0.6 is 11.3 Å². The van der Waals surface area contributed by atoms with E-state index in [1.54, 1.807) is 4.40 Å². The van der Waals surface area contributed by atoms with Gasteiger partial charge in [0.15, 0.2) is 0 Å². The van der Waals surface area contributed by atoms with E-state index in [0.29, 0.717) is 0 Å². The average molecular weight is 883 g/mol. The van der Waals surface area contributed by atoms with E-state index in [2.05, 4.69) is 93.0 Å². The minimum absolute atomic E-state index is 0. The second-order valence-electron chi connectivity index (χ2n) is 13.0. The number of pyridine rings is 2. The number of fused-ring (bicyclic) bond motifs is 3. The van der Waals surface area contributed by atoms with Gasteiger partial charge in [0.1, 0.15) is 0 Å². The molecule has 0 bridgehead atoms. The Morgan fingerprint density at radius 1 is 0.744 bits per heavy atom. The van der Waals surface area contributed by atoms with Crippen LogP contribution in [0.5, 0.6) is 0 Å². The van der Waals surface area contributed by atoms with Gasteiger partial charge in [-0.1, -0.05) is 0 Å². The summed E-state index contributed by atoms with van der Waals surface area (Å²) in [6, 6.07) is 33.9. The van der Waals surface area contributed by atoms with Gasteiger partial charge >= 0.3 is 264 Å². The summed E-state index contributed by atoms with van der Waals surface area (Å²) in [7, 11) is 0. The number of hydrogen-bond acceptors (Lipinski definition) is 3. The van der Waals surface area contributed by atoms with Gasteiger partial charge < -0.3 is 0 Å². The minimum atomic E-state index is -1.97. The Morgan fingerprint density at radius 3 is 2.14 bits per heavy atom. The first-order valence-corrected chi connectivity index (χ1v) is 30.0. The third-order valence-corrected chi connectivity index (χ3v) is 17.6. The predicted molar refractivity (Wildman–Crippen MR) is 190 cm³/mol. The molecule has 2 nitrogen and oxygen atoms in total. The van der Waals surface area contributed by atoms with Crippen LogP contribution in [0.15, 0.2) is 91.3 Å². The fourth-order valence-corrected chi connectivity index (χ4v) is 13.2. The molecule has 3 aromatic heterocycles. The Kier molecular flexibility index (Phi) is 10.5. The monoisotopic (exact) mass is 886 g/mol. The van der Waals surface area contributed by atoms with Crippen molar-refractivity contribution < 1.29 is 21.5 Å². The zero-order valence-electron chi connectivity index (χ0n) is 27.3. The molecule has 0 atom stereocenters. The standard InChI is InChI=1S/C23H24GeNS.C14H16GeN.Ir/c1-15(2)16-12-13-25-21(14-16)19-10-6-8-17-18-9-7-11-20(24(3,4)5)23(18)26-22(17)19;1-15(2,3)13-9-10-14(16-11-13)12-7-5-4-6-8-12;/h6-9,11-15H,1-5H3;4-7,9-11H,1-3H3;/q2*-1;/i15D;;. The van der Waals surface area contributed by atoms with Crippen LogP contribution in [0, 0.1) is 12.1 Å². The van der Waals surface area contributed by atoms with Gasteiger partial charge in [-0.25, -0.2) is 0 Å². The van der Waals surface area contributed by atoms with Gasteiger partial charge in [0.05, 0.1) is 0 Å². The van der Waals surface area contributed by atoms with E-state index in [1.807, 2.05) is 80.0 Å². The Labute approximate surface area is 281 Å². The summed E-state index contributed by atoms with van der Waals surface area (Å²) in [5.41, 5.74) is 5.01. The molecule has 6 rings (SSSR count). The van der Waals surface area contributed by atoms with E-state index in [4.69, 9.17) is 1.37 Å². The van der Waals surface area contributed by atoms with Gasteiger partial charge in [0, 0.05) is 20.1 Å². The van der Waals surface area contributed by atoms with E-state index < -0.39 is 32.4 Å². The maximum atomic E-state index is 8.35. The molecule has 3 heterocycles. The molecule has 1 radical (unpaired) electrons. The van der Waals surface area contributed by atoms with Gasteiger partial charge in [0.25, 0.3) is 0 Å². The minimum Gasteiger partial charge on any atom is 0 e. The van der Waals surface area contributed by atoms with Crippen molar-refractivity contribution in [2.24, 2.45) is 0 Å². The molecule has 6 aromatic rings. The van der Waals surface area contributed by atoms with Gasteiger partial charge in [-0.3, -0.25) is 0 Å². The van der Waals surface area contributed by atoms with Gasteiger partial charge in [-0.15, -0.1) is 0 Å². The Bertz CT molecular complexity index is 1870. The molecule has 0 aliphatic heterocycles. The molecular formula is C37H40Ge2IrN2S-2. The maximum Gasteiger partial charge on any atom is 0 e. The van der Waals surface area contributed by atoms with Crippen LogP contribution in [0.2, 0.25) is 34.5 Å². The van der Waals surface area contributed by atoms with Crippen LogP contribution < -0.4 is 8.79 Å². The summed E-state index contributed by atoms with van der Waals surface area (Å²) in [5.74, 6) is 13.9. The van der Waals surface area contributed by atoms with E-state index >= 15 is 0 Å². The second kappa shape index (κ2) is 13.9. The molecule has 0 aliphatic carbocycles. The first-order valence-electron chi connectivity index (χ1n) is 15.0. The first-order chi connectivity index (χ1) is 20.2. The summed E-state index contributed by atoms with van der Waals surface area (Å²) >= 11 is -1.80. The van der Waals surface area contributed by atoms with Crippen molar-refractivity contribution in [2.75, 3.05) is 0 Å². The van der Waals surface area contributed by atoms with Gasteiger partial charge in [0.2, 0.25) is 0 Å². The van der Waals surface area contributed by atoms with Crippen molar-refractivity contribution in [1.82, 2.24) is 9.97 Å². The molecule has 0 saturated heterocycles. The molecule has 223 valence electrons. The van der Waals surface area contributed by atoms with Crippen molar-refractivity contribution in [3.63, 3.8) is 0 Å². The second-order valence-corrected chi connectivity index (χ2v) is 35.3. The fraction of sp³-hybridized carbons (Fsp3) is 0.243. The number of hydrogen-bond donors (Lipinski definition) is 0. The SMILES string of the molecule is [2H]C(C)(C)c1ccnc(-c2[c-]ccc3c2sc2[c]([Ge]([CH3])([CH3])[CH3])cccc23)c1.[CH3][Ge]([CH3])([CH3])[c]1ccc(-c2[c-]cccc2)nc1.[Ir]. The van der Waals surface area contributed by atoms with Crippen molar-refractivity contribution >= 4 is 66.8 Å². The average Bonchev–Trinajstić information content (AvgIpc) is 3.36. The molecule has 0 unspecified atom stereocenters. The molecule has 3 aromatic carbocycles. The van der Waals surface area contributed by atoms with Crippen LogP contribution in [0.1, 0.15) is 26.7 Å². The summed E-state index contributed by atoms with van der Waals surface area (Å²) in [4.78, 5) is 9.15. The number of thiophene rings is 1. The van der Waals surface area contributed by atoms with Crippen LogP contribution in [0.4, 0.5) is 0 Å². The van der Waals surface area contributed by atoms with E-state index in [9.17, 15) is 0 Å². The van der Waals surface area contributed by atoms with E-state index in [-0.39, 0.29) is 20.1 Å². The third kappa shape index (κ3) is 7.77. The summed E-state index contributed by atoms with van der Waals surface area (Å²) in [6.45, 7) is 3.83. The third-order valence-electron chi connectivity index (χ3n) is 7.47. The molecule has 0 saturated carbocycles. The molecule has 0 aliphatic rings. The molecular weight excluding hydrogens is 842 g/mol. The van der Waals surface area contributed by atoms with Crippen molar-refractivity contribution in [3.05, 3.63) is 109 Å². The van der Waals surface area contributed by atoms with Crippen LogP contribution in [-0.2, 0) is 20.1 Å². The molecule has 6 heteroatoms. The first kappa shape index (κ1) is 32.3. The summed E-state index contributed by atoms with van der Waals surface area (Å²) in [6.07, 6.45) is 3.85. The van der Waals surface area contributed by atoms with Crippen LogP contribution in [0.3, 0.4) is 0 Å². The Balaban J connectivity index is 0.000000223. The van der Waals surface area contributed by atoms with Crippen molar-refractivity contribution in [3.8, 4) is 22.5 Å². The molecule has 0 N–H and O–H groups in total. The number of aromatic nitrogens is 2. The molecule has 43 heavy (non-hydrogen) atoms. The van der Waals surface area contributed by atoms with E-state index in [1.165, 1.54) is 24.6 Å². The normalized spacial score (nSPS) is 12.3. The topological polar surface area (TPSA) is 25.8 Å². The van der Waals surface area contributed by atoms with Gasteiger partial charge in [-0.05, 0) is 0 Å². The quantitative estimate of drug-likeness (QED) is 0.127. The fourth-order valence-electron chi connectivity index (χ4n) is 4.97. The molecule has 0 amide bonds. The van der Waals surface area contributed by atoms with Gasteiger partial charge in [-0.2, -0.15) is 0 Å². The largest absolute Gasteiger partial charge is 0 e. The van der Waals surface area contributed by atoms with Crippen LogP contribution in [0.25, 0.3) is 42.7 Å². The van der Waals surface area contributed by atoms with Crippen molar-refractivity contribution in [2.45, 2.75) is 54.3 Å². The Hall–Kier alpha value is -2.08. The zero-order valence-corrected chi connectivity index (χ0v) is 33.7.